The highest BCUT2D eigenvalue weighted by atomic mass is 16.5. The highest BCUT2D eigenvalue weighted by Crippen LogP contribution is 2.16. The Hall–Kier alpha value is -2.29. The van der Waals surface area contributed by atoms with Crippen LogP contribution in [0, 0.1) is 0 Å². The van der Waals surface area contributed by atoms with Gasteiger partial charge in [-0.25, -0.2) is 0 Å². The van der Waals surface area contributed by atoms with Gasteiger partial charge in [-0.2, -0.15) is 0 Å². The lowest BCUT2D eigenvalue weighted by Gasteiger charge is -2.21. The maximum atomic E-state index is 12.1. The third-order valence-electron chi connectivity index (χ3n) is 3.43. The lowest BCUT2D eigenvalue weighted by atomic mass is 10.1. The van der Waals surface area contributed by atoms with Crippen LogP contribution in [0.5, 0.6) is 5.75 Å². The van der Waals surface area contributed by atoms with Crippen LogP contribution in [0.3, 0.4) is 0 Å². The van der Waals surface area contributed by atoms with Crippen LogP contribution in [0.15, 0.2) is 54.6 Å². The summed E-state index contributed by atoms with van der Waals surface area (Å²) in [6, 6.07) is 17.1. The Morgan fingerprint density at radius 3 is 2.14 bits per heavy atom. The topological polar surface area (TPSA) is 29.5 Å². The van der Waals surface area contributed by atoms with E-state index >= 15 is 0 Å². The van der Waals surface area contributed by atoms with Gasteiger partial charge in [0.2, 0.25) is 0 Å². The quantitative estimate of drug-likeness (QED) is 0.724. The van der Waals surface area contributed by atoms with Gasteiger partial charge in [-0.3, -0.25) is 4.79 Å². The summed E-state index contributed by atoms with van der Waals surface area (Å²) in [7, 11) is 0. The van der Waals surface area contributed by atoms with Gasteiger partial charge in [0.15, 0.2) is 12.4 Å². The Morgan fingerprint density at radius 2 is 1.57 bits per heavy atom. The summed E-state index contributed by atoms with van der Waals surface area (Å²) < 4.78 is 5.48. The molecule has 2 aromatic rings. The van der Waals surface area contributed by atoms with Crippen LogP contribution in [-0.4, -0.2) is 25.5 Å². The molecule has 0 saturated carbocycles. The minimum Gasteiger partial charge on any atom is -0.485 e. The minimum absolute atomic E-state index is 0.00931. The molecule has 2 rings (SSSR count). The predicted molar refractivity (Wildman–Crippen MR) is 86.3 cm³/mol. The van der Waals surface area contributed by atoms with Gasteiger partial charge in [0.1, 0.15) is 5.75 Å². The molecule has 0 aliphatic carbocycles. The SMILES string of the molecule is CCN(CC)c1ccc(C(=O)COc2ccccc2)cc1. The van der Waals surface area contributed by atoms with E-state index in [9.17, 15) is 4.79 Å². The second-order valence-corrected chi connectivity index (χ2v) is 4.74. The molecule has 110 valence electrons. The van der Waals surface area contributed by atoms with E-state index in [1.165, 1.54) is 0 Å². The molecule has 0 unspecified atom stereocenters. The molecule has 0 aliphatic rings. The van der Waals surface area contributed by atoms with Crippen molar-refractivity contribution in [2.24, 2.45) is 0 Å². The molecule has 0 aromatic heterocycles. The number of hydrogen-bond acceptors (Lipinski definition) is 3. The van der Waals surface area contributed by atoms with Crippen LogP contribution in [-0.2, 0) is 0 Å². The fraction of sp³-hybridized carbons (Fsp3) is 0.278. The Balaban J connectivity index is 1.97. The number of benzene rings is 2. The number of ether oxygens (including phenoxy) is 1. The number of nitrogens with zero attached hydrogens (tertiary/aromatic N) is 1. The summed E-state index contributed by atoms with van der Waals surface area (Å²) in [6.07, 6.45) is 0. The molecule has 0 saturated heterocycles. The molecular weight excluding hydrogens is 262 g/mol. The van der Waals surface area contributed by atoms with Gasteiger partial charge < -0.3 is 9.64 Å². The highest BCUT2D eigenvalue weighted by molar-refractivity contribution is 5.97. The van der Waals surface area contributed by atoms with Gasteiger partial charge >= 0.3 is 0 Å². The van der Waals surface area contributed by atoms with Crippen LogP contribution >= 0.6 is 0 Å². The van der Waals surface area contributed by atoms with Gasteiger partial charge in [0.25, 0.3) is 0 Å². The normalized spacial score (nSPS) is 10.2. The monoisotopic (exact) mass is 283 g/mol. The van der Waals surface area contributed by atoms with E-state index < -0.39 is 0 Å². The van der Waals surface area contributed by atoms with Crippen molar-refractivity contribution in [2.75, 3.05) is 24.6 Å². The van der Waals surface area contributed by atoms with Crippen LogP contribution in [0.1, 0.15) is 24.2 Å². The number of para-hydroxylation sites is 1. The molecule has 0 spiro atoms. The van der Waals surface area contributed by atoms with Crippen LogP contribution in [0.25, 0.3) is 0 Å². The standard InChI is InChI=1S/C18H21NO2/c1-3-19(4-2)16-12-10-15(11-13-16)18(20)14-21-17-8-6-5-7-9-17/h5-13H,3-4,14H2,1-2H3. The van der Waals surface area contributed by atoms with E-state index in [0.29, 0.717) is 11.3 Å². The van der Waals surface area contributed by atoms with E-state index in [0.717, 1.165) is 18.8 Å². The molecule has 21 heavy (non-hydrogen) atoms. The fourth-order valence-corrected chi connectivity index (χ4v) is 2.20. The molecular formula is C18H21NO2. The van der Waals surface area contributed by atoms with Crippen molar-refractivity contribution >= 4 is 11.5 Å². The highest BCUT2D eigenvalue weighted by Gasteiger charge is 2.08. The van der Waals surface area contributed by atoms with Gasteiger partial charge in [-0.15, -0.1) is 0 Å². The summed E-state index contributed by atoms with van der Waals surface area (Å²) in [4.78, 5) is 14.3. The lowest BCUT2D eigenvalue weighted by Crippen LogP contribution is -2.21. The molecule has 3 nitrogen and oxygen atoms in total. The molecule has 0 bridgehead atoms. The zero-order valence-electron chi connectivity index (χ0n) is 12.6. The van der Waals surface area contributed by atoms with Crippen molar-refractivity contribution in [3.05, 3.63) is 60.2 Å². The Kier molecular flexibility index (Phi) is 5.38. The molecule has 0 N–H and O–H groups in total. The largest absolute Gasteiger partial charge is 0.485 e. The first-order valence-corrected chi connectivity index (χ1v) is 7.30. The minimum atomic E-state index is -0.00931. The van der Waals surface area contributed by atoms with Gasteiger partial charge in [0.05, 0.1) is 0 Å². The van der Waals surface area contributed by atoms with Crippen molar-refractivity contribution < 1.29 is 9.53 Å². The summed E-state index contributed by atoms with van der Waals surface area (Å²) in [5, 5.41) is 0. The van der Waals surface area contributed by atoms with Crippen LogP contribution < -0.4 is 9.64 Å². The van der Waals surface area contributed by atoms with Crippen molar-refractivity contribution in [2.45, 2.75) is 13.8 Å². The maximum Gasteiger partial charge on any atom is 0.200 e. The first kappa shape index (κ1) is 15.1. The molecule has 0 atom stereocenters. The molecule has 0 amide bonds. The summed E-state index contributed by atoms with van der Waals surface area (Å²) in [6.45, 7) is 6.23. The average Bonchev–Trinajstić information content (AvgIpc) is 2.55. The first-order chi connectivity index (χ1) is 10.2. The van der Waals surface area contributed by atoms with E-state index in [4.69, 9.17) is 4.74 Å². The molecule has 0 radical (unpaired) electrons. The molecule has 2 aromatic carbocycles. The van der Waals surface area contributed by atoms with E-state index in [-0.39, 0.29) is 12.4 Å². The predicted octanol–water partition coefficient (Wildman–Crippen LogP) is 3.79. The summed E-state index contributed by atoms with van der Waals surface area (Å²) in [5.41, 5.74) is 1.82. The Morgan fingerprint density at radius 1 is 0.952 bits per heavy atom. The second kappa shape index (κ2) is 7.48. The van der Waals surface area contributed by atoms with Crippen molar-refractivity contribution in [3.8, 4) is 5.75 Å². The zero-order valence-corrected chi connectivity index (χ0v) is 12.6. The lowest BCUT2D eigenvalue weighted by molar-refractivity contribution is 0.0921. The van der Waals surface area contributed by atoms with Gasteiger partial charge in [-0.1, -0.05) is 18.2 Å². The second-order valence-electron chi connectivity index (χ2n) is 4.74. The molecule has 0 aliphatic heterocycles. The molecule has 0 heterocycles. The first-order valence-electron chi connectivity index (χ1n) is 7.30. The number of Topliss-reactive ketones (excluding diaryl/α,β-unsaturated/α-hetero) is 1. The van der Waals surface area contributed by atoms with Crippen molar-refractivity contribution in [3.63, 3.8) is 0 Å². The maximum absolute atomic E-state index is 12.1. The van der Waals surface area contributed by atoms with E-state index in [1.54, 1.807) is 0 Å². The summed E-state index contributed by atoms with van der Waals surface area (Å²) >= 11 is 0. The van der Waals surface area contributed by atoms with Crippen molar-refractivity contribution in [1.82, 2.24) is 0 Å². The summed E-state index contributed by atoms with van der Waals surface area (Å²) in [5.74, 6) is 0.704. The van der Waals surface area contributed by atoms with Gasteiger partial charge in [-0.05, 0) is 50.2 Å². The number of hydrogen-bond donors (Lipinski definition) is 0. The van der Waals surface area contributed by atoms with Crippen molar-refractivity contribution in [1.29, 1.82) is 0 Å². The number of rotatable bonds is 7. The number of carbonyl (C=O) groups is 1. The van der Waals surface area contributed by atoms with Crippen LogP contribution in [0.4, 0.5) is 5.69 Å². The van der Waals surface area contributed by atoms with E-state index in [2.05, 4.69) is 18.7 Å². The van der Waals surface area contributed by atoms with Gasteiger partial charge in [0, 0.05) is 24.3 Å². The smallest absolute Gasteiger partial charge is 0.200 e. The van der Waals surface area contributed by atoms with Crippen LogP contribution in [0.2, 0.25) is 0 Å². The number of carbonyl (C=O) groups excluding carboxylic acids is 1. The number of anilines is 1. The Bertz CT molecular complexity index is 560. The molecule has 0 fully saturated rings. The third-order valence-corrected chi connectivity index (χ3v) is 3.43. The number of ketones is 1. The zero-order chi connectivity index (χ0) is 15.1. The third kappa shape index (κ3) is 4.09. The fourth-order valence-electron chi connectivity index (χ4n) is 2.20. The average molecular weight is 283 g/mol. The molecule has 3 heteroatoms. The Labute approximate surface area is 126 Å². The van der Waals surface area contributed by atoms with E-state index in [1.807, 2.05) is 54.6 Å².